The first-order valence-electron chi connectivity index (χ1n) is 8.01. The summed E-state index contributed by atoms with van der Waals surface area (Å²) in [5.74, 6) is -3.77. The number of rotatable bonds is 3. The Morgan fingerprint density at radius 3 is 2.35 bits per heavy atom. The van der Waals surface area contributed by atoms with Crippen LogP contribution in [0.5, 0.6) is 0 Å². The van der Waals surface area contributed by atoms with Gasteiger partial charge in [0.25, 0.3) is 0 Å². The molecule has 0 saturated carbocycles. The lowest BCUT2D eigenvalue weighted by atomic mass is 9.84. The van der Waals surface area contributed by atoms with E-state index in [1.807, 2.05) is 0 Å². The van der Waals surface area contributed by atoms with E-state index < -0.39 is 60.0 Å². The third-order valence-electron chi connectivity index (χ3n) is 4.37. The summed E-state index contributed by atoms with van der Waals surface area (Å²) in [6, 6.07) is -0.160. The highest BCUT2D eigenvalue weighted by Crippen LogP contribution is 2.40. The van der Waals surface area contributed by atoms with Gasteiger partial charge in [0.05, 0.1) is 19.3 Å². The van der Waals surface area contributed by atoms with Crippen LogP contribution in [0.1, 0.15) is 38.9 Å². The average Bonchev–Trinajstić information content (AvgIpc) is 2.50. The lowest BCUT2D eigenvalue weighted by Gasteiger charge is -2.48. The van der Waals surface area contributed by atoms with Gasteiger partial charge in [-0.15, -0.1) is 0 Å². The number of benzene rings is 1. The van der Waals surface area contributed by atoms with E-state index in [-0.39, 0.29) is 12.0 Å². The zero-order chi connectivity index (χ0) is 19.9. The molecule has 1 amide bonds. The third-order valence-corrected chi connectivity index (χ3v) is 4.37. The molecule has 1 fully saturated rings. The Balaban J connectivity index is 2.56. The number of hydrogen-bond donors (Lipinski definition) is 3. The summed E-state index contributed by atoms with van der Waals surface area (Å²) in [7, 11) is 0. The fourth-order valence-electron chi connectivity index (χ4n) is 3.23. The third kappa shape index (κ3) is 3.94. The Labute approximate surface area is 148 Å². The van der Waals surface area contributed by atoms with Crippen LogP contribution in [0.15, 0.2) is 12.1 Å². The molecule has 6 nitrogen and oxygen atoms in total. The molecule has 2 rings (SSSR count). The molecule has 146 valence electrons. The Morgan fingerprint density at radius 1 is 1.27 bits per heavy atom. The first kappa shape index (κ1) is 20.5. The van der Waals surface area contributed by atoms with Gasteiger partial charge in [0.15, 0.2) is 11.6 Å². The summed E-state index contributed by atoms with van der Waals surface area (Å²) in [5, 5.41) is 29.4. The average molecular weight is 377 g/mol. The fraction of sp³-hybridized carbons (Fsp3) is 0.588. The topological polar surface area (TPSA) is 90.2 Å². The maximum atomic E-state index is 14.3. The monoisotopic (exact) mass is 377 g/mol. The lowest BCUT2D eigenvalue weighted by Crippen LogP contribution is -2.60. The van der Waals surface area contributed by atoms with Crippen molar-refractivity contribution in [1.82, 2.24) is 4.90 Å². The molecular weight excluding hydrogens is 355 g/mol. The smallest absolute Gasteiger partial charge is 0.408 e. The van der Waals surface area contributed by atoms with E-state index in [4.69, 9.17) is 4.74 Å². The summed E-state index contributed by atoms with van der Waals surface area (Å²) in [4.78, 5) is 12.8. The van der Waals surface area contributed by atoms with Gasteiger partial charge in [-0.3, -0.25) is 4.90 Å². The van der Waals surface area contributed by atoms with E-state index in [1.165, 1.54) is 0 Å². The predicted octanol–water partition coefficient (Wildman–Crippen LogP) is 2.44. The molecule has 0 aromatic heterocycles. The van der Waals surface area contributed by atoms with E-state index in [9.17, 15) is 33.3 Å². The minimum absolute atomic E-state index is 0.268. The van der Waals surface area contributed by atoms with Crippen LogP contribution in [0, 0.1) is 17.5 Å². The largest absolute Gasteiger partial charge is 0.465 e. The van der Waals surface area contributed by atoms with E-state index in [0.717, 1.165) is 4.90 Å². The maximum absolute atomic E-state index is 14.3. The van der Waals surface area contributed by atoms with Crippen molar-refractivity contribution >= 4 is 6.09 Å². The molecule has 1 aromatic rings. The Bertz CT molecular complexity index is 694. The molecule has 0 radical (unpaired) electrons. The van der Waals surface area contributed by atoms with Gasteiger partial charge < -0.3 is 20.1 Å². The van der Waals surface area contributed by atoms with Gasteiger partial charge in [-0.05, 0) is 26.8 Å². The molecule has 3 unspecified atom stereocenters. The minimum Gasteiger partial charge on any atom is -0.465 e. The number of aliphatic hydroxyl groups excluding tert-OH is 1. The van der Waals surface area contributed by atoms with Gasteiger partial charge in [-0.25, -0.2) is 18.0 Å². The number of halogens is 3. The second-order valence-corrected chi connectivity index (χ2v) is 7.50. The summed E-state index contributed by atoms with van der Waals surface area (Å²) in [6.45, 7) is 3.65. The Morgan fingerprint density at radius 2 is 1.85 bits per heavy atom. The highest BCUT2D eigenvalue weighted by molar-refractivity contribution is 5.66. The van der Waals surface area contributed by atoms with Crippen LogP contribution >= 0.6 is 0 Å². The summed E-state index contributed by atoms with van der Waals surface area (Å²) >= 11 is 0. The van der Waals surface area contributed by atoms with Gasteiger partial charge in [0.1, 0.15) is 17.5 Å². The molecule has 0 aliphatic carbocycles. The predicted molar refractivity (Wildman–Crippen MR) is 85.1 cm³/mol. The van der Waals surface area contributed by atoms with Crippen molar-refractivity contribution in [2.45, 2.75) is 50.5 Å². The summed E-state index contributed by atoms with van der Waals surface area (Å²) in [5.41, 5.74) is -3.07. The molecule has 26 heavy (non-hydrogen) atoms. The molecule has 1 aromatic carbocycles. The number of hydrogen-bond acceptors (Lipinski definition) is 4. The number of ether oxygens (including phenoxy) is 1. The fourth-order valence-corrected chi connectivity index (χ4v) is 3.23. The molecule has 1 saturated heterocycles. The van der Waals surface area contributed by atoms with Crippen LogP contribution < -0.4 is 0 Å². The molecular formula is C17H22F3NO5. The van der Waals surface area contributed by atoms with Crippen LogP contribution in [0.4, 0.5) is 18.0 Å². The number of aliphatic hydroxyl groups is 2. The van der Waals surface area contributed by atoms with Crippen molar-refractivity contribution in [2.24, 2.45) is 0 Å². The van der Waals surface area contributed by atoms with E-state index in [1.54, 1.807) is 20.8 Å². The lowest BCUT2D eigenvalue weighted by molar-refractivity contribution is -0.175. The zero-order valence-electron chi connectivity index (χ0n) is 14.7. The molecule has 0 bridgehead atoms. The highest BCUT2D eigenvalue weighted by Gasteiger charge is 2.48. The zero-order valence-corrected chi connectivity index (χ0v) is 14.7. The van der Waals surface area contributed by atoms with Crippen LogP contribution in [-0.2, 0) is 4.74 Å². The second-order valence-electron chi connectivity index (χ2n) is 7.50. The van der Waals surface area contributed by atoms with Gasteiger partial charge in [-0.1, -0.05) is 0 Å². The molecule has 9 heteroatoms. The molecule has 1 aliphatic heterocycles. The van der Waals surface area contributed by atoms with Gasteiger partial charge in [0.2, 0.25) is 0 Å². The normalized spacial score (nSPS) is 26.6. The van der Waals surface area contributed by atoms with Gasteiger partial charge in [-0.2, -0.15) is 0 Å². The van der Waals surface area contributed by atoms with Crippen molar-refractivity contribution in [3.8, 4) is 0 Å². The van der Waals surface area contributed by atoms with Gasteiger partial charge in [0, 0.05) is 23.6 Å². The van der Waals surface area contributed by atoms with Crippen LogP contribution in [0.3, 0.4) is 0 Å². The SMILES string of the molecule is CC(C)(C)N(C(=O)O)C1CC(O)(CO)COC1c1cc(F)c(F)cc1F. The van der Waals surface area contributed by atoms with Crippen molar-refractivity contribution in [2.75, 3.05) is 13.2 Å². The van der Waals surface area contributed by atoms with E-state index in [2.05, 4.69) is 0 Å². The van der Waals surface area contributed by atoms with Crippen molar-refractivity contribution in [3.63, 3.8) is 0 Å². The first-order valence-corrected chi connectivity index (χ1v) is 8.01. The second kappa shape index (κ2) is 7.05. The van der Waals surface area contributed by atoms with E-state index in [0.29, 0.717) is 12.1 Å². The standard InChI is InChI=1S/C17H22F3NO5/c1-16(2,3)21(15(23)24)13-6-17(25,7-22)8-26-14(13)9-4-11(19)12(20)5-10(9)18/h4-5,13-14,22,25H,6-8H2,1-3H3,(H,23,24). The Kier molecular flexibility index (Phi) is 5.55. The van der Waals surface area contributed by atoms with Gasteiger partial charge >= 0.3 is 6.09 Å². The van der Waals surface area contributed by atoms with Crippen LogP contribution in [0.2, 0.25) is 0 Å². The molecule has 3 atom stereocenters. The minimum atomic E-state index is -1.74. The van der Waals surface area contributed by atoms with E-state index >= 15 is 0 Å². The quantitative estimate of drug-likeness (QED) is 0.704. The molecule has 1 aliphatic rings. The maximum Gasteiger partial charge on any atom is 0.408 e. The number of nitrogens with zero attached hydrogens (tertiary/aromatic N) is 1. The highest BCUT2D eigenvalue weighted by atomic mass is 19.2. The number of carbonyl (C=O) groups is 1. The number of amides is 1. The summed E-state index contributed by atoms with van der Waals surface area (Å²) in [6.07, 6.45) is -2.91. The van der Waals surface area contributed by atoms with Crippen molar-refractivity contribution in [1.29, 1.82) is 0 Å². The number of carboxylic acid groups (broad SMARTS) is 1. The Hall–Kier alpha value is -1.84. The summed E-state index contributed by atoms with van der Waals surface area (Å²) < 4.78 is 46.6. The molecule has 0 spiro atoms. The first-order chi connectivity index (χ1) is 11.9. The van der Waals surface area contributed by atoms with Crippen molar-refractivity contribution < 1.29 is 38.0 Å². The van der Waals surface area contributed by atoms with Crippen LogP contribution in [0.25, 0.3) is 0 Å². The van der Waals surface area contributed by atoms with Crippen LogP contribution in [-0.4, -0.2) is 56.7 Å². The van der Waals surface area contributed by atoms with Crippen molar-refractivity contribution in [3.05, 3.63) is 35.1 Å². The molecule has 1 heterocycles. The molecule has 3 N–H and O–H groups in total.